The number of thiazole rings is 1. The number of carboxylic acid groups (broad SMARTS) is 1. The molecule has 84 valence electrons. The Bertz CT molecular complexity index is 359. The lowest BCUT2D eigenvalue weighted by atomic mass is 10.1. The molecule has 1 heterocycles. The van der Waals surface area contributed by atoms with Crippen molar-refractivity contribution in [3.63, 3.8) is 0 Å². The highest BCUT2D eigenvalue weighted by Gasteiger charge is 2.21. The molecule has 0 unspecified atom stereocenters. The quantitative estimate of drug-likeness (QED) is 0.836. The number of hydrogen-bond donors (Lipinski definition) is 0. The van der Waals surface area contributed by atoms with Crippen molar-refractivity contribution in [1.29, 1.82) is 0 Å². The molecule has 0 atom stereocenters. The van der Waals surface area contributed by atoms with Crippen LogP contribution >= 0.6 is 27.3 Å². The van der Waals surface area contributed by atoms with Crippen LogP contribution < -0.4 is 5.11 Å². The number of hydrogen-bond acceptors (Lipinski definition) is 4. The average molecular weight is 292 g/mol. The second-order valence-electron chi connectivity index (χ2n) is 4.10. The van der Waals surface area contributed by atoms with Crippen molar-refractivity contribution >= 4 is 33.4 Å². The fourth-order valence-electron chi connectivity index (χ4n) is 1.09. The maximum atomic E-state index is 10.9. The second-order valence-corrected chi connectivity index (χ2v) is 6.49. The van der Waals surface area contributed by atoms with Gasteiger partial charge in [0, 0.05) is 16.6 Å². The van der Waals surface area contributed by atoms with Gasteiger partial charge in [-0.3, -0.25) is 0 Å². The van der Waals surface area contributed by atoms with Crippen molar-refractivity contribution in [1.82, 2.24) is 9.88 Å². The highest BCUT2D eigenvalue weighted by molar-refractivity contribution is 9.11. The van der Waals surface area contributed by atoms with Gasteiger partial charge in [0.15, 0.2) is 3.92 Å². The molecule has 0 aromatic carbocycles. The molecule has 0 radical (unpaired) electrons. The summed E-state index contributed by atoms with van der Waals surface area (Å²) < 4.78 is 0.754. The van der Waals surface area contributed by atoms with Gasteiger partial charge in [0.1, 0.15) is 6.09 Å². The van der Waals surface area contributed by atoms with Crippen LogP contribution in [-0.4, -0.2) is 21.5 Å². The van der Waals surface area contributed by atoms with Gasteiger partial charge in [-0.05, 0) is 36.7 Å². The van der Waals surface area contributed by atoms with E-state index in [1.54, 1.807) is 6.20 Å². The number of rotatable bonds is 2. The SMILES string of the molecule is CC(C)(C)N(Cc1cnc(Br)s1)C(=O)[O-]. The van der Waals surface area contributed by atoms with E-state index in [0.717, 1.165) is 8.79 Å². The van der Waals surface area contributed by atoms with Crippen molar-refractivity contribution < 1.29 is 9.90 Å². The molecule has 15 heavy (non-hydrogen) atoms. The lowest BCUT2D eigenvalue weighted by Crippen LogP contribution is -2.50. The molecule has 0 N–H and O–H groups in total. The molecule has 6 heteroatoms. The third-order valence-corrected chi connectivity index (χ3v) is 3.33. The maximum Gasteiger partial charge on any atom is 0.159 e. The number of carbonyl (C=O) groups is 1. The Kier molecular flexibility index (Phi) is 3.72. The first kappa shape index (κ1) is 12.4. The monoisotopic (exact) mass is 291 g/mol. The predicted octanol–water partition coefficient (Wildman–Crippen LogP) is 1.85. The zero-order chi connectivity index (χ0) is 11.6. The van der Waals surface area contributed by atoms with Crippen LogP contribution in [0.1, 0.15) is 25.6 Å². The normalized spacial score (nSPS) is 11.5. The summed E-state index contributed by atoms with van der Waals surface area (Å²) in [6.07, 6.45) is 0.503. The summed E-state index contributed by atoms with van der Waals surface area (Å²) in [6, 6.07) is 0. The van der Waals surface area contributed by atoms with Gasteiger partial charge < -0.3 is 14.8 Å². The fourth-order valence-corrected chi connectivity index (χ4v) is 2.44. The van der Waals surface area contributed by atoms with Crippen LogP contribution in [-0.2, 0) is 6.54 Å². The maximum absolute atomic E-state index is 10.9. The highest BCUT2D eigenvalue weighted by atomic mass is 79.9. The zero-order valence-corrected chi connectivity index (χ0v) is 11.2. The second kappa shape index (κ2) is 4.49. The third kappa shape index (κ3) is 3.46. The smallest absolute Gasteiger partial charge is 0.159 e. The van der Waals surface area contributed by atoms with E-state index in [1.807, 2.05) is 20.8 Å². The van der Waals surface area contributed by atoms with E-state index >= 15 is 0 Å². The molecule has 0 spiro atoms. The van der Waals surface area contributed by atoms with Crippen LogP contribution in [0.4, 0.5) is 4.79 Å². The number of aromatic nitrogens is 1. The highest BCUT2D eigenvalue weighted by Crippen LogP contribution is 2.23. The molecule has 0 aliphatic carbocycles. The van der Waals surface area contributed by atoms with Gasteiger partial charge in [-0.25, -0.2) is 4.98 Å². The molecular weight excluding hydrogens is 280 g/mol. The molecule has 1 aromatic heterocycles. The predicted molar refractivity (Wildman–Crippen MR) is 60.5 cm³/mol. The molecule has 0 aliphatic rings. The number of carbonyl (C=O) groups excluding carboxylic acids is 1. The number of nitrogens with zero attached hydrogens (tertiary/aromatic N) is 2. The Morgan fingerprint density at radius 3 is 2.60 bits per heavy atom. The first-order valence-electron chi connectivity index (χ1n) is 4.39. The van der Waals surface area contributed by atoms with Crippen molar-refractivity contribution in [3.8, 4) is 0 Å². The van der Waals surface area contributed by atoms with Crippen LogP contribution in [0.3, 0.4) is 0 Å². The minimum atomic E-state index is -1.16. The van der Waals surface area contributed by atoms with E-state index in [4.69, 9.17) is 0 Å². The Balaban J connectivity index is 2.81. The van der Waals surface area contributed by atoms with Crippen molar-refractivity contribution in [2.24, 2.45) is 0 Å². The average Bonchev–Trinajstić information content (AvgIpc) is 2.44. The van der Waals surface area contributed by atoms with E-state index < -0.39 is 11.6 Å². The Labute approximate surface area is 101 Å². The molecule has 0 saturated carbocycles. The van der Waals surface area contributed by atoms with Crippen LogP contribution in [0.25, 0.3) is 0 Å². The van der Waals surface area contributed by atoms with Gasteiger partial charge in [-0.15, -0.1) is 11.3 Å². The van der Waals surface area contributed by atoms with E-state index in [1.165, 1.54) is 16.2 Å². The fraction of sp³-hybridized carbons (Fsp3) is 0.556. The molecule has 1 rings (SSSR count). The molecule has 0 saturated heterocycles. The molecule has 4 nitrogen and oxygen atoms in total. The van der Waals surface area contributed by atoms with Crippen LogP contribution in [0.5, 0.6) is 0 Å². The van der Waals surface area contributed by atoms with Crippen LogP contribution in [0.2, 0.25) is 0 Å². The minimum Gasteiger partial charge on any atom is -0.530 e. The van der Waals surface area contributed by atoms with Gasteiger partial charge in [0.2, 0.25) is 0 Å². The first-order valence-corrected chi connectivity index (χ1v) is 6.00. The molecular formula is C9H12BrN2O2S-. The summed E-state index contributed by atoms with van der Waals surface area (Å²) in [5.41, 5.74) is -0.463. The van der Waals surface area contributed by atoms with Gasteiger partial charge in [0.25, 0.3) is 0 Å². The van der Waals surface area contributed by atoms with Crippen molar-refractivity contribution in [3.05, 3.63) is 15.0 Å². The molecule has 1 amide bonds. The number of halogens is 1. The summed E-state index contributed by atoms with van der Waals surface area (Å²) in [4.78, 5) is 17.1. The number of amides is 1. The van der Waals surface area contributed by atoms with Gasteiger partial charge in [0.05, 0.1) is 6.54 Å². The summed E-state index contributed by atoms with van der Waals surface area (Å²) >= 11 is 4.66. The summed E-state index contributed by atoms with van der Waals surface area (Å²) in [5.74, 6) is 0. The minimum absolute atomic E-state index is 0.315. The van der Waals surface area contributed by atoms with Crippen molar-refractivity contribution in [2.45, 2.75) is 32.9 Å². The van der Waals surface area contributed by atoms with Gasteiger partial charge in [-0.2, -0.15) is 0 Å². The first-order chi connectivity index (χ1) is 6.80. The Morgan fingerprint density at radius 2 is 2.27 bits per heavy atom. The Morgan fingerprint density at radius 1 is 1.67 bits per heavy atom. The standard InChI is InChI=1S/C9H13BrN2O2S/c1-9(2,3)12(8(13)14)5-6-4-11-7(10)15-6/h4H,5H2,1-3H3,(H,13,14)/p-1. The Hall–Kier alpha value is -0.620. The lowest BCUT2D eigenvalue weighted by Gasteiger charge is -2.37. The summed E-state index contributed by atoms with van der Waals surface area (Å²) in [5, 5.41) is 10.9. The van der Waals surface area contributed by atoms with E-state index in [9.17, 15) is 9.90 Å². The summed E-state index contributed by atoms with van der Waals surface area (Å²) in [7, 11) is 0. The van der Waals surface area contributed by atoms with Crippen LogP contribution in [0, 0.1) is 0 Å². The van der Waals surface area contributed by atoms with Crippen LogP contribution in [0.15, 0.2) is 10.1 Å². The third-order valence-electron chi connectivity index (χ3n) is 1.87. The molecule has 0 bridgehead atoms. The molecule has 0 aliphatic heterocycles. The zero-order valence-electron chi connectivity index (χ0n) is 8.78. The topological polar surface area (TPSA) is 56.3 Å². The van der Waals surface area contributed by atoms with Crippen molar-refractivity contribution in [2.75, 3.05) is 0 Å². The molecule has 0 fully saturated rings. The van der Waals surface area contributed by atoms with Gasteiger partial charge in [-0.1, -0.05) is 0 Å². The molecule has 1 aromatic rings. The lowest BCUT2D eigenvalue weighted by molar-refractivity contribution is -0.271. The largest absolute Gasteiger partial charge is 0.530 e. The summed E-state index contributed by atoms with van der Waals surface area (Å²) in [6.45, 7) is 5.81. The van der Waals surface area contributed by atoms with Gasteiger partial charge >= 0.3 is 0 Å². The van der Waals surface area contributed by atoms with E-state index in [2.05, 4.69) is 20.9 Å². The van der Waals surface area contributed by atoms with E-state index in [-0.39, 0.29) is 0 Å². The van der Waals surface area contributed by atoms with E-state index in [0.29, 0.717) is 6.54 Å².